The van der Waals surface area contributed by atoms with Crippen molar-refractivity contribution in [2.45, 2.75) is 26.2 Å². The third-order valence-corrected chi connectivity index (χ3v) is 3.89. The maximum absolute atomic E-state index is 13.6. The molecule has 1 saturated heterocycles. The van der Waals surface area contributed by atoms with Gasteiger partial charge in [0.05, 0.1) is 0 Å². The summed E-state index contributed by atoms with van der Waals surface area (Å²) in [5.74, 6) is -1.14. The maximum Gasteiger partial charge on any atom is 0.244 e. The van der Waals surface area contributed by atoms with Crippen LogP contribution < -0.4 is 10.6 Å². The number of hydrogen-bond acceptors (Lipinski definition) is 2. The molecule has 1 aliphatic heterocycles. The fourth-order valence-corrected chi connectivity index (χ4v) is 2.61. The Balaban J connectivity index is 0.00000312. The summed E-state index contributed by atoms with van der Waals surface area (Å²) in [6.45, 7) is 4.66. The van der Waals surface area contributed by atoms with E-state index in [0.717, 1.165) is 32.0 Å². The van der Waals surface area contributed by atoms with Gasteiger partial charge in [0.25, 0.3) is 0 Å². The molecule has 5 nitrogen and oxygen atoms in total. The number of rotatable bonds is 6. The standard InChI is InChI=1S/C17H24F2N4O.HI/c1-2-20-17(22-12-15(24)23-10-3-4-11-23)21-9-8-13-6-5-7-14(18)16(13)19;/h5-7H,2-4,8-12H2,1H3,(H2,20,21,22);1H. The van der Waals surface area contributed by atoms with Crippen LogP contribution >= 0.6 is 24.0 Å². The minimum absolute atomic E-state index is 0. The second kappa shape index (κ2) is 11.2. The molecule has 1 heterocycles. The average Bonchev–Trinajstić information content (AvgIpc) is 3.11. The van der Waals surface area contributed by atoms with E-state index in [4.69, 9.17) is 0 Å². The number of benzene rings is 1. The zero-order valence-corrected chi connectivity index (χ0v) is 16.7. The first-order valence-corrected chi connectivity index (χ1v) is 8.34. The van der Waals surface area contributed by atoms with Crippen LogP contribution in [-0.2, 0) is 11.2 Å². The molecule has 0 aliphatic carbocycles. The molecule has 0 aromatic heterocycles. The highest BCUT2D eigenvalue weighted by atomic mass is 127. The van der Waals surface area contributed by atoms with Crippen molar-refractivity contribution in [3.63, 3.8) is 0 Å². The quantitative estimate of drug-likeness (QED) is 0.385. The Bertz CT molecular complexity index is 592. The predicted molar refractivity (Wildman–Crippen MR) is 105 cm³/mol. The third kappa shape index (κ3) is 6.75. The number of guanidine groups is 1. The minimum Gasteiger partial charge on any atom is -0.357 e. The van der Waals surface area contributed by atoms with Crippen LogP contribution in [0.25, 0.3) is 0 Å². The third-order valence-electron chi connectivity index (χ3n) is 3.89. The van der Waals surface area contributed by atoms with Crippen LogP contribution in [0, 0.1) is 11.6 Å². The number of hydrogen-bond donors (Lipinski definition) is 2. The lowest BCUT2D eigenvalue weighted by atomic mass is 10.1. The van der Waals surface area contributed by atoms with Crippen LogP contribution in [0.3, 0.4) is 0 Å². The fourth-order valence-electron chi connectivity index (χ4n) is 2.61. The van der Waals surface area contributed by atoms with Crippen molar-refractivity contribution in [1.82, 2.24) is 15.5 Å². The van der Waals surface area contributed by atoms with Crippen molar-refractivity contribution in [1.29, 1.82) is 0 Å². The molecule has 1 amide bonds. The Morgan fingerprint density at radius 3 is 2.64 bits per heavy atom. The highest BCUT2D eigenvalue weighted by molar-refractivity contribution is 14.0. The summed E-state index contributed by atoms with van der Waals surface area (Å²) >= 11 is 0. The molecule has 0 unspecified atom stereocenters. The zero-order valence-electron chi connectivity index (χ0n) is 14.4. The molecule has 0 atom stereocenters. The minimum atomic E-state index is -0.843. The number of likely N-dealkylation sites (tertiary alicyclic amines) is 1. The van der Waals surface area contributed by atoms with Crippen LogP contribution in [0.2, 0.25) is 0 Å². The van der Waals surface area contributed by atoms with Crippen molar-refractivity contribution in [2.75, 3.05) is 32.7 Å². The summed E-state index contributed by atoms with van der Waals surface area (Å²) < 4.78 is 26.8. The van der Waals surface area contributed by atoms with Crippen LogP contribution in [0.4, 0.5) is 8.78 Å². The largest absolute Gasteiger partial charge is 0.357 e. The number of carbonyl (C=O) groups is 1. The fraction of sp³-hybridized carbons (Fsp3) is 0.529. The molecule has 1 aromatic carbocycles. The molecule has 1 aliphatic rings. The summed E-state index contributed by atoms with van der Waals surface area (Å²) in [5, 5.41) is 6.08. The number of aliphatic imine (C=N–C) groups is 1. The number of nitrogens with one attached hydrogen (secondary N) is 2. The Kier molecular flexibility index (Phi) is 9.69. The second-order valence-corrected chi connectivity index (χ2v) is 5.67. The summed E-state index contributed by atoms with van der Waals surface area (Å²) in [4.78, 5) is 18.1. The van der Waals surface area contributed by atoms with E-state index < -0.39 is 11.6 Å². The molecule has 25 heavy (non-hydrogen) atoms. The molecule has 140 valence electrons. The summed E-state index contributed by atoms with van der Waals surface area (Å²) in [5.41, 5.74) is 0.312. The van der Waals surface area contributed by atoms with Gasteiger partial charge in [-0.2, -0.15) is 0 Å². The molecular weight excluding hydrogens is 441 g/mol. The number of nitrogens with zero attached hydrogens (tertiary/aromatic N) is 2. The van der Waals surface area contributed by atoms with E-state index in [0.29, 0.717) is 31.0 Å². The van der Waals surface area contributed by atoms with Crippen LogP contribution in [0.15, 0.2) is 23.2 Å². The first-order valence-electron chi connectivity index (χ1n) is 8.34. The Hall–Kier alpha value is -1.45. The molecule has 1 aromatic rings. The summed E-state index contributed by atoms with van der Waals surface area (Å²) in [7, 11) is 0. The van der Waals surface area contributed by atoms with E-state index in [1.165, 1.54) is 6.07 Å². The highest BCUT2D eigenvalue weighted by Gasteiger charge is 2.17. The lowest BCUT2D eigenvalue weighted by Gasteiger charge is -2.15. The first-order chi connectivity index (χ1) is 11.6. The van der Waals surface area contributed by atoms with Crippen molar-refractivity contribution in [2.24, 2.45) is 4.99 Å². The molecular formula is C17H25F2IN4O. The highest BCUT2D eigenvalue weighted by Crippen LogP contribution is 2.11. The first kappa shape index (κ1) is 21.6. The molecule has 0 radical (unpaired) electrons. The normalized spacial score (nSPS) is 14.2. The Morgan fingerprint density at radius 2 is 1.96 bits per heavy atom. The van der Waals surface area contributed by atoms with E-state index >= 15 is 0 Å². The molecule has 2 rings (SSSR count). The van der Waals surface area contributed by atoms with Gasteiger partial charge in [-0.3, -0.25) is 4.79 Å². The van der Waals surface area contributed by atoms with Crippen molar-refractivity contribution < 1.29 is 13.6 Å². The summed E-state index contributed by atoms with van der Waals surface area (Å²) in [6, 6.07) is 4.14. The van der Waals surface area contributed by atoms with Gasteiger partial charge in [0.15, 0.2) is 17.6 Å². The Labute approximate surface area is 164 Å². The SMILES string of the molecule is CCNC(=NCC(=O)N1CCCC1)NCCc1cccc(F)c1F.I. The monoisotopic (exact) mass is 466 g/mol. The van der Waals surface area contributed by atoms with Crippen molar-refractivity contribution >= 4 is 35.8 Å². The smallest absolute Gasteiger partial charge is 0.244 e. The van der Waals surface area contributed by atoms with Gasteiger partial charge in [-0.25, -0.2) is 13.8 Å². The zero-order chi connectivity index (χ0) is 17.4. The van der Waals surface area contributed by atoms with Gasteiger partial charge in [0.1, 0.15) is 6.54 Å². The summed E-state index contributed by atoms with van der Waals surface area (Å²) in [6.07, 6.45) is 2.42. The van der Waals surface area contributed by atoms with Crippen LogP contribution in [0.1, 0.15) is 25.3 Å². The molecule has 2 N–H and O–H groups in total. The number of amides is 1. The topological polar surface area (TPSA) is 56.7 Å². The van der Waals surface area contributed by atoms with Gasteiger partial charge in [-0.1, -0.05) is 12.1 Å². The van der Waals surface area contributed by atoms with E-state index in [2.05, 4.69) is 15.6 Å². The van der Waals surface area contributed by atoms with Gasteiger partial charge in [0.2, 0.25) is 5.91 Å². The van der Waals surface area contributed by atoms with Gasteiger partial charge in [-0.15, -0.1) is 24.0 Å². The molecule has 0 saturated carbocycles. The van der Waals surface area contributed by atoms with Gasteiger partial charge in [0, 0.05) is 26.2 Å². The second-order valence-electron chi connectivity index (χ2n) is 5.67. The molecule has 0 bridgehead atoms. The van der Waals surface area contributed by atoms with Gasteiger partial charge in [-0.05, 0) is 37.8 Å². The van der Waals surface area contributed by atoms with Gasteiger partial charge >= 0.3 is 0 Å². The number of halogens is 3. The van der Waals surface area contributed by atoms with Crippen LogP contribution in [-0.4, -0.2) is 49.5 Å². The van der Waals surface area contributed by atoms with E-state index in [9.17, 15) is 13.6 Å². The van der Waals surface area contributed by atoms with Crippen molar-refractivity contribution in [3.8, 4) is 0 Å². The predicted octanol–water partition coefficient (Wildman–Crippen LogP) is 2.30. The van der Waals surface area contributed by atoms with E-state index in [1.807, 2.05) is 11.8 Å². The molecule has 0 spiro atoms. The molecule has 8 heteroatoms. The lowest BCUT2D eigenvalue weighted by Crippen LogP contribution is -2.39. The van der Waals surface area contributed by atoms with Gasteiger partial charge < -0.3 is 15.5 Å². The maximum atomic E-state index is 13.6. The molecule has 1 fully saturated rings. The average molecular weight is 466 g/mol. The number of carbonyl (C=O) groups excluding carboxylic acids is 1. The van der Waals surface area contributed by atoms with E-state index in [1.54, 1.807) is 6.07 Å². The van der Waals surface area contributed by atoms with E-state index in [-0.39, 0.29) is 36.4 Å². The van der Waals surface area contributed by atoms with Crippen LogP contribution in [0.5, 0.6) is 0 Å². The lowest BCUT2D eigenvalue weighted by molar-refractivity contribution is -0.128. The Morgan fingerprint density at radius 1 is 1.24 bits per heavy atom. The van der Waals surface area contributed by atoms with Crippen molar-refractivity contribution in [3.05, 3.63) is 35.4 Å².